The summed E-state index contributed by atoms with van der Waals surface area (Å²) in [6.07, 6.45) is 1.04. The molecule has 0 aliphatic rings. The summed E-state index contributed by atoms with van der Waals surface area (Å²) < 4.78 is 0. The highest BCUT2D eigenvalue weighted by Gasteiger charge is 2.04. The van der Waals surface area contributed by atoms with Crippen LogP contribution >= 0.6 is 0 Å². The van der Waals surface area contributed by atoms with Crippen LogP contribution in [0.3, 0.4) is 0 Å². The van der Waals surface area contributed by atoms with Crippen molar-refractivity contribution >= 4 is 5.97 Å². The van der Waals surface area contributed by atoms with Gasteiger partial charge in [-0.25, -0.2) is 14.8 Å². The van der Waals surface area contributed by atoms with Gasteiger partial charge in [0.1, 0.15) is 18.1 Å². The van der Waals surface area contributed by atoms with Gasteiger partial charge >= 0.3 is 5.97 Å². The Bertz CT molecular complexity index is 329. The second-order valence-electron chi connectivity index (χ2n) is 1.71. The molecule has 0 saturated heterocycles. The van der Waals surface area contributed by atoms with Crippen molar-refractivity contribution in [1.29, 1.82) is 5.26 Å². The van der Waals surface area contributed by atoms with E-state index in [-0.39, 0.29) is 11.4 Å². The molecular weight excluding hydrogens is 146 g/mol. The molecule has 0 bridgehead atoms. The second-order valence-corrected chi connectivity index (χ2v) is 1.71. The molecule has 11 heavy (non-hydrogen) atoms. The average molecular weight is 149 g/mol. The molecule has 1 aromatic rings. The molecule has 1 heterocycles. The number of nitriles is 1. The smallest absolute Gasteiger partial charge is 0.354 e. The minimum absolute atomic E-state index is 0.0531. The lowest BCUT2D eigenvalue weighted by atomic mass is 10.3. The summed E-state index contributed by atoms with van der Waals surface area (Å²) in [6.45, 7) is 0. The van der Waals surface area contributed by atoms with E-state index >= 15 is 0 Å². The van der Waals surface area contributed by atoms with Gasteiger partial charge in [-0.1, -0.05) is 0 Å². The van der Waals surface area contributed by atoms with Crippen molar-refractivity contribution < 1.29 is 9.90 Å². The molecule has 0 aliphatic heterocycles. The number of carbonyl (C=O) groups is 1. The van der Waals surface area contributed by atoms with Gasteiger partial charge < -0.3 is 5.11 Å². The van der Waals surface area contributed by atoms with E-state index in [1.54, 1.807) is 6.07 Å². The Labute approximate surface area is 61.9 Å². The molecule has 1 aromatic heterocycles. The van der Waals surface area contributed by atoms with Crippen molar-refractivity contribution in [2.45, 2.75) is 0 Å². The number of rotatable bonds is 1. The van der Waals surface area contributed by atoms with Crippen molar-refractivity contribution in [2.24, 2.45) is 0 Å². The van der Waals surface area contributed by atoms with Crippen molar-refractivity contribution in [3.05, 3.63) is 23.8 Å². The van der Waals surface area contributed by atoms with Crippen LogP contribution in [-0.2, 0) is 0 Å². The van der Waals surface area contributed by atoms with E-state index in [1.807, 2.05) is 0 Å². The summed E-state index contributed by atoms with van der Waals surface area (Å²) in [4.78, 5) is 17.2. The minimum atomic E-state index is -1.16. The zero-order valence-corrected chi connectivity index (χ0v) is 5.35. The van der Waals surface area contributed by atoms with Crippen LogP contribution in [0.1, 0.15) is 16.2 Å². The van der Waals surface area contributed by atoms with Gasteiger partial charge in [0.25, 0.3) is 0 Å². The van der Waals surface area contributed by atoms with Crippen LogP contribution < -0.4 is 0 Å². The quantitative estimate of drug-likeness (QED) is 0.609. The third kappa shape index (κ3) is 1.49. The summed E-state index contributed by atoms with van der Waals surface area (Å²) in [6, 6.07) is 2.82. The monoisotopic (exact) mass is 149 g/mol. The molecule has 0 atom stereocenters. The molecule has 1 N–H and O–H groups in total. The van der Waals surface area contributed by atoms with Crippen LogP contribution in [0.15, 0.2) is 12.4 Å². The molecule has 5 heteroatoms. The first-order chi connectivity index (χ1) is 5.24. The van der Waals surface area contributed by atoms with Crippen LogP contribution in [0.4, 0.5) is 0 Å². The normalized spacial score (nSPS) is 8.64. The zero-order valence-electron chi connectivity index (χ0n) is 5.35. The third-order valence-electron chi connectivity index (χ3n) is 1.00. The predicted molar refractivity (Wildman–Crippen MR) is 33.7 cm³/mol. The average Bonchev–Trinajstić information content (AvgIpc) is 2.05. The molecule has 0 unspecified atom stereocenters. The van der Waals surface area contributed by atoms with E-state index in [1.165, 1.54) is 0 Å². The van der Waals surface area contributed by atoms with Crippen molar-refractivity contribution in [2.75, 3.05) is 0 Å². The molecule has 0 radical (unpaired) electrons. The topological polar surface area (TPSA) is 86.9 Å². The highest BCUT2D eigenvalue weighted by Crippen LogP contribution is 1.95. The van der Waals surface area contributed by atoms with E-state index in [0.29, 0.717) is 0 Å². The molecule has 0 aliphatic carbocycles. The van der Waals surface area contributed by atoms with Crippen LogP contribution in [0.2, 0.25) is 0 Å². The number of hydrogen-bond donors (Lipinski definition) is 1. The molecule has 0 saturated carbocycles. The largest absolute Gasteiger partial charge is 0.477 e. The fourth-order valence-electron chi connectivity index (χ4n) is 0.535. The number of hydrogen-bond acceptors (Lipinski definition) is 4. The van der Waals surface area contributed by atoms with Crippen LogP contribution in [-0.4, -0.2) is 21.0 Å². The Hall–Kier alpha value is -1.96. The second kappa shape index (κ2) is 2.75. The summed E-state index contributed by atoms with van der Waals surface area (Å²) >= 11 is 0. The molecule has 1 rings (SSSR count). The first kappa shape index (κ1) is 7.15. The lowest BCUT2D eigenvalue weighted by molar-refractivity contribution is 0.0690. The van der Waals surface area contributed by atoms with E-state index in [0.717, 1.165) is 12.4 Å². The summed E-state index contributed by atoms with van der Waals surface area (Å²) in [7, 11) is 0. The van der Waals surface area contributed by atoms with Gasteiger partial charge in [0.05, 0.1) is 0 Å². The number of carboxylic acid groups (broad SMARTS) is 1. The van der Waals surface area contributed by atoms with Gasteiger partial charge in [0, 0.05) is 6.07 Å². The molecule has 0 spiro atoms. The standard InChI is InChI=1S/C6H3N3O2/c7-2-4-1-5(6(10)11)9-3-8-4/h1,3H,(H,10,11). The van der Waals surface area contributed by atoms with Gasteiger partial charge in [-0.15, -0.1) is 0 Å². The van der Waals surface area contributed by atoms with Crippen LogP contribution in [0, 0.1) is 11.3 Å². The lowest BCUT2D eigenvalue weighted by Gasteiger charge is -1.90. The van der Waals surface area contributed by atoms with Crippen molar-refractivity contribution in [1.82, 2.24) is 9.97 Å². The summed E-state index contributed by atoms with van der Waals surface area (Å²) in [5.41, 5.74) is -0.117. The Morgan fingerprint density at radius 2 is 2.36 bits per heavy atom. The Morgan fingerprint density at radius 1 is 1.64 bits per heavy atom. The fourth-order valence-corrected chi connectivity index (χ4v) is 0.535. The van der Waals surface area contributed by atoms with Crippen molar-refractivity contribution in [3.8, 4) is 6.07 Å². The summed E-state index contributed by atoms with van der Waals surface area (Å²) in [5.74, 6) is -1.16. The number of aromatic nitrogens is 2. The number of aromatic carboxylic acids is 1. The Balaban J connectivity index is 3.13. The van der Waals surface area contributed by atoms with E-state index in [4.69, 9.17) is 10.4 Å². The zero-order chi connectivity index (χ0) is 8.27. The SMILES string of the molecule is N#Cc1cc(C(=O)O)ncn1. The molecular formula is C6H3N3O2. The van der Waals surface area contributed by atoms with E-state index in [2.05, 4.69) is 9.97 Å². The maximum atomic E-state index is 10.3. The third-order valence-corrected chi connectivity index (χ3v) is 1.00. The van der Waals surface area contributed by atoms with Gasteiger partial charge in [0.15, 0.2) is 5.69 Å². The number of nitrogens with zero attached hydrogens (tertiary/aromatic N) is 3. The molecule has 0 fully saturated rings. The van der Waals surface area contributed by atoms with Gasteiger partial charge in [-0.05, 0) is 0 Å². The predicted octanol–water partition coefficient (Wildman–Crippen LogP) is 0.0465. The highest BCUT2D eigenvalue weighted by atomic mass is 16.4. The van der Waals surface area contributed by atoms with Crippen LogP contribution in [0.5, 0.6) is 0 Å². The van der Waals surface area contributed by atoms with Gasteiger partial charge in [-0.2, -0.15) is 5.26 Å². The molecule has 0 amide bonds. The van der Waals surface area contributed by atoms with Gasteiger partial charge in [-0.3, -0.25) is 0 Å². The number of carboxylic acids is 1. The van der Waals surface area contributed by atoms with Crippen LogP contribution in [0.25, 0.3) is 0 Å². The lowest BCUT2D eigenvalue weighted by Crippen LogP contribution is -2.01. The maximum Gasteiger partial charge on any atom is 0.354 e. The minimum Gasteiger partial charge on any atom is -0.477 e. The Morgan fingerprint density at radius 3 is 2.91 bits per heavy atom. The fraction of sp³-hybridized carbons (Fsp3) is 0. The highest BCUT2D eigenvalue weighted by molar-refractivity contribution is 5.85. The Kier molecular flexibility index (Phi) is 1.79. The van der Waals surface area contributed by atoms with E-state index in [9.17, 15) is 4.79 Å². The van der Waals surface area contributed by atoms with Gasteiger partial charge in [0.2, 0.25) is 0 Å². The van der Waals surface area contributed by atoms with Crippen molar-refractivity contribution in [3.63, 3.8) is 0 Å². The first-order valence-corrected chi connectivity index (χ1v) is 2.69. The first-order valence-electron chi connectivity index (χ1n) is 2.69. The molecule has 0 aromatic carbocycles. The summed E-state index contributed by atoms with van der Waals surface area (Å²) in [5, 5.41) is 16.7. The molecule has 5 nitrogen and oxygen atoms in total. The molecule has 54 valence electrons. The maximum absolute atomic E-state index is 10.3. The van der Waals surface area contributed by atoms with E-state index < -0.39 is 5.97 Å².